The molecule has 0 saturated carbocycles. The number of carbonyl (C=O) groups excluding carboxylic acids is 1. The summed E-state index contributed by atoms with van der Waals surface area (Å²) in [6.45, 7) is 0.646. The zero-order chi connectivity index (χ0) is 14.7. The molecule has 7 heteroatoms. The van der Waals surface area contributed by atoms with E-state index in [-0.39, 0.29) is 35.9 Å². The van der Waals surface area contributed by atoms with Crippen molar-refractivity contribution in [3.8, 4) is 0 Å². The van der Waals surface area contributed by atoms with E-state index in [2.05, 4.69) is 10.3 Å². The Balaban J connectivity index is 0.00000176. The van der Waals surface area contributed by atoms with Crippen LogP contribution < -0.4 is 22.3 Å². The van der Waals surface area contributed by atoms with Crippen molar-refractivity contribution in [1.82, 2.24) is 9.55 Å². The summed E-state index contributed by atoms with van der Waals surface area (Å²) in [6, 6.07) is 11.4. The lowest BCUT2D eigenvalue weighted by Gasteiger charge is -2.08. The molecule has 3 aromatic rings. The van der Waals surface area contributed by atoms with Gasteiger partial charge in [-0.05, 0) is 23.6 Å². The Kier molecular flexibility index (Phi) is 5.70. The maximum atomic E-state index is 12.3. The van der Waals surface area contributed by atoms with Crippen LogP contribution in [0, 0.1) is 0 Å². The van der Waals surface area contributed by atoms with Crippen LogP contribution in [0.2, 0.25) is 0 Å². The van der Waals surface area contributed by atoms with Crippen molar-refractivity contribution >= 4 is 34.1 Å². The molecule has 3 rings (SSSR count). The fraction of sp³-hybridized carbons (Fsp3) is 0.200. The van der Waals surface area contributed by atoms with Crippen molar-refractivity contribution in [1.29, 1.82) is 0 Å². The lowest BCUT2D eigenvalue weighted by Crippen LogP contribution is -3.00. The molecule has 0 atom stereocenters. The number of aromatic nitrogens is 2. The molecule has 0 spiro atoms. The summed E-state index contributed by atoms with van der Waals surface area (Å²) in [4.78, 5) is 17.5. The Morgan fingerprint density at radius 3 is 2.82 bits per heavy atom. The smallest absolute Gasteiger partial charge is 0.204 e. The summed E-state index contributed by atoms with van der Waals surface area (Å²) in [5.74, 6) is 0.662. The van der Waals surface area contributed by atoms with E-state index in [1.165, 1.54) is 11.3 Å². The summed E-state index contributed by atoms with van der Waals surface area (Å²) in [5.41, 5.74) is 1.74. The first-order valence-electron chi connectivity index (χ1n) is 6.66. The highest BCUT2D eigenvalue weighted by atomic mass is 79.9. The number of hydrogen-bond acceptors (Lipinski definition) is 5. The lowest BCUT2D eigenvalue weighted by molar-refractivity contribution is -0.0000132. The number of halogens is 1. The number of nitrogens with one attached hydrogen (secondary N) is 1. The Hall–Kier alpha value is -1.70. The number of aliphatic hydroxyl groups is 1. The van der Waals surface area contributed by atoms with Crippen molar-refractivity contribution in [2.45, 2.75) is 6.54 Å². The van der Waals surface area contributed by atoms with Gasteiger partial charge in [-0.2, -0.15) is 0 Å². The zero-order valence-corrected chi connectivity index (χ0v) is 14.1. The maximum Gasteiger partial charge on any atom is 0.204 e. The summed E-state index contributed by atoms with van der Waals surface area (Å²) >= 11 is 1.44. The Bertz CT molecular complexity index is 755. The number of anilines is 1. The Morgan fingerprint density at radius 2 is 2.09 bits per heavy atom. The first-order valence-corrected chi connectivity index (χ1v) is 7.54. The van der Waals surface area contributed by atoms with Gasteiger partial charge in [-0.3, -0.25) is 4.79 Å². The molecule has 0 aliphatic rings. The van der Waals surface area contributed by atoms with E-state index in [1.54, 1.807) is 0 Å². The van der Waals surface area contributed by atoms with Crippen molar-refractivity contribution in [3.63, 3.8) is 0 Å². The number of thiophene rings is 1. The summed E-state index contributed by atoms with van der Waals surface area (Å²) in [5, 5.41) is 13.9. The minimum Gasteiger partial charge on any atom is -1.00 e. The van der Waals surface area contributed by atoms with Gasteiger partial charge in [0.2, 0.25) is 5.95 Å². The molecule has 0 radical (unpaired) electrons. The Morgan fingerprint density at radius 1 is 1.27 bits per heavy atom. The maximum absolute atomic E-state index is 12.3. The van der Waals surface area contributed by atoms with Crippen LogP contribution in [-0.4, -0.2) is 33.6 Å². The lowest BCUT2D eigenvalue weighted by atomic mass is 10.3. The van der Waals surface area contributed by atoms with E-state index < -0.39 is 0 Å². The van der Waals surface area contributed by atoms with Crippen molar-refractivity contribution in [2.75, 3.05) is 18.5 Å². The molecule has 0 aliphatic heterocycles. The molecular formula is C15H15BrN3O2S-. The van der Waals surface area contributed by atoms with Crippen LogP contribution in [0.3, 0.4) is 0 Å². The molecule has 5 nitrogen and oxygen atoms in total. The van der Waals surface area contributed by atoms with Crippen LogP contribution in [-0.2, 0) is 6.54 Å². The van der Waals surface area contributed by atoms with Crippen LogP contribution in [0.25, 0.3) is 11.0 Å². The number of aliphatic hydroxyl groups excluding tert-OH is 1. The largest absolute Gasteiger partial charge is 1.00 e. The molecule has 0 bridgehead atoms. The highest BCUT2D eigenvalue weighted by Gasteiger charge is 2.14. The topological polar surface area (TPSA) is 67.2 Å². The fourth-order valence-electron chi connectivity index (χ4n) is 2.20. The molecule has 0 unspecified atom stereocenters. The van der Waals surface area contributed by atoms with Crippen molar-refractivity contribution in [3.05, 3.63) is 46.7 Å². The SMILES string of the molecule is O=C(Cn1c(NCCO)nc2ccccc21)c1cccs1.[Br-]. The summed E-state index contributed by atoms with van der Waals surface area (Å²) < 4.78 is 1.85. The quantitative estimate of drug-likeness (QED) is 0.559. The molecule has 0 saturated heterocycles. The minimum atomic E-state index is 0. The number of nitrogens with zero attached hydrogens (tertiary/aromatic N) is 2. The summed E-state index contributed by atoms with van der Waals surface area (Å²) in [7, 11) is 0. The number of carbonyl (C=O) groups is 1. The van der Waals surface area contributed by atoms with E-state index >= 15 is 0 Å². The zero-order valence-electron chi connectivity index (χ0n) is 11.7. The van der Waals surface area contributed by atoms with E-state index in [9.17, 15) is 4.79 Å². The standard InChI is InChI=1S/C15H15N3O2S.BrH/c19-8-7-16-15-17-11-4-1-2-5-12(11)18(15)10-13(20)14-6-3-9-21-14;/h1-6,9,19H,7-8,10H2,(H,16,17);1H/p-1. The van der Waals surface area contributed by atoms with Crippen LogP contribution in [0.1, 0.15) is 9.67 Å². The second-order valence-electron chi connectivity index (χ2n) is 4.56. The second-order valence-corrected chi connectivity index (χ2v) is 5.51. The van der Waals surface area contributed by atoms with Crippen LogP contribution in [0.5, 0.6) is 0 Å². The molecule has 0 amide bonds. The molecule has 0 fully saturated rings. The number of Topliss-reactive ketones (excluding diaryl/α,β-unsaturated/α-hetero) is 1. The molecule has 22 heavy (non-hydrogen) atoms. The van der Waals surface area contributed by atoms with E-state index in [0.717, 1.165) is 15.9 Å². The third-order valence-corrected chi connectivity index (χ3v) is 4.06. The average Bonchev–Trinajstić information content (AvgIpc) is 3.14. The molecule has 2 aromatic heterocycles. The van der Waals surface area contributed by atoms with Gasteiger partial charge in [-0.25, -0.2) is 4.98 Å². The second kappa shape index (κ2) is 7.53. The number of fused-ring (bicyclic) bond motifs is 1. The van der Waals surface area contributed by atoms with Crippen LogP contribution in [0.4, 0.5) is 5.95 Å². The van der Waals surface area contributed by atoms with Crippen LogP contribution >= 0.6 is 11.3 Å². The van der Waals surface area contributed by atoms with E-state index in [0.29, 0.717) is 12.5 Å². The van der Waals surface area contributed by atoms with Crippen LogP contribution in [0.15, 0.2) is 41.8 Å². The van der Waals surface area contributed by atoms with Gasteiger partial charge in [-0.1, -0.05) is 18.2 Å². The van der Waals surface area contributed by atoms with Crippen molar-refractivity contribution < 1.29 is 26.9 Å². The van der Waals surface area contributed by atoms with Gasteiger partial charge in [0.25, 0.3) is 0 Å². The molecule has 1 aromatic carbocycles. The molecule has 116 valence electrons. The molecule has 2 N–H and O–H groups in total. The molecular weight excluding hydrogens is 366 g/mol. The van der Waals surface area contributed by atoms with Gasteiger partial charge in [-0.15, -0.1) is 11.3 Å². The number of hydrogen-bond donors (Lipinski definition) is 2. The first-order chi connectivity index (χ1) is 10.3. The van der Waals surface area contributed by atoms with Gasteiger partial charge in [0.1, 0.15) is 0 Å². The van der Waals surface area contributed by atoms with Crippen molar-refractivity contribution in [2.24, 2.45) is 0 Å². The normalized spacial score (nSPS) is 10.4. The highest BCUT2D eigenvalue weighted by Crippen LogP contribution is 2.21. The van der Waals surface area contributed by atoms with Gasteiger partial charge in [0.15, 0.2) is 5.78 Å². The van der Waals surface area contributed by atoms with E-state index in [1.807, 2.05) is 46.3 Å². The summed E-state index contributed by atoms with van der Waals surface area (Å²) in [6.07, 6.45) is 0. The number of para-hydroxylation sites is 2. The van der Waals surface area contributed by atoms with Gasteiger partial charge in [0.05, 0.1) is 29.1 Å². The monoisotopic (exact) mass is 380 g/mol. The Labute approximate surface area is 142 Å². The number of rotatable bonds is 6. The fourth-order valence-corrected chi connectivity index (χ4v) is 2.85. The third-order valence-electron chi connectivity index (χ3n) is 3.15. The van der Waals surface area contributed by atoms with Gasteiger partial charge >= 0.3 is 0 Å². The van der Waals surface area contributed by atoms with Gasteiger partial charge < -0.3 is 32.0 Å². The highest BCUT2D eigenvalue weighted by molar-refractivity contribution is 7.12. The van der Waals surface area contributed by atoms with E-state index in [4.69, 9.17) is 5.11 Å². The minimum absolute atomic E-state index is 0. The predicted molar refractivity (Wildman–Crippen MR) is 84.0 cm³/mol. The number of imidazole rings is 1. The number of ketones is 1. The molecule has 0 aliphatic carbocycles. The average molecular weight is 381 g/mol. The van der Waals surface area contributed by atoms with Gasteiger partial charge in [0, 0.05) is 6.54 Å². The predicted octanol–water partition coefficient (Wildman–Crippen LogP) is -0.611. The third kappa shape index (κ3) is 3.37. The molecule has 2 heterocycles. The first kappa shape index (κ1) is 16.7. The number of benzene rings is 1.